The minimum absolute atomic E-state index is 0.253. The summed E-state index contributed by atoms with van der Waals surface area (Å²) in [6.45, 7) is 10.9. The molecule has 0 amide bonds. The fraction of sp³-hybridized carbons (Fsp3) is 0.571. The van der Waals surface area contributed by atoms with Gasteiger partial charge in [-0.05, 0) is 45.7 Å². The van der Waals surface area contributed by atoms with E-state index in [0.29, 0.717) is 0 Å². The van der Waals surface area contributed by atoms with E-state index in [4.69, 9.17) is 0 Å². The minimum atomic E-state index is -0.363. The number of rotatable bonds is 4. The molecule has 0 bridgehead atoms. The average molecular weight is 221 g/mol. The molecule has 2 N–H and O–H groups in total. The van der Waals surface area contributed by atoms with E-state index < -0.39 is 0 Å². The van der Waals surface area contributed by atoms with Gasteiger partial charge in [-0.1, -0.05) is 23.8 Å². The lowest BCUT2D eigenvalue weighted by molar-refractivity contribution is 0.0956. The zero-order valence-electron chi connectivity index (χ0n) is 11.0. The normalized spacial score (nSPS) is 13.9. The summed E-state index contributed by atoms with van der Waals surface area (Å²) in [5, 5.41) is 13.0. The van der Waals surface area contributed by atoms with Gasteiger partial charge in [-0.3, -0.25) is 0 Å². The van der Waals surface area contributed by atoms with Gasteiger partial charge in [0.1, 0.15) is 0 Å². The molecular weight excluding hydrogens is 198 g/mol. The van der Waals surface area contributed by atoms with Crippen molar-refractivity contribution in [2.24, 2.45) is 0 Å². The molecule has 0 spiro atoms. The number of benzene rings is 1. The van der Waals surface area contributed by atoms with Crippen LogP contribution >= 0.6 is 0 Å². The zero-order chi connectivity index (χ0) is 12.3. The molecule has 0 radical (unpaired) electrons. The van der Waals surface area contributed by atoms with Gasteiger partial charge in [-0.25, -0.2) is 0 Å². The van der Waals surface area contributed by atoms with E-state index in [1.54, 1.807) is 0 Å². The second-order valence-electron chi connectivity index (χ2n) is 5.18. The van der Waals surface area contributed by atoms with Gasteiger partial charge in [0, 0.05) is 12.1 Å². The Hall–Kier alpha value is -0.860. The Bertz CT molecular complexity index is 356. The first-order chi connectivity index (χ1) is 7.33. The number of aliphatic hydroxyl groups is 1. The molecule has 16 heavy (non-hydrogen) atoms. The highest BCUT2D eigenvalue weighted by Gasteiger charge is 2.22. The van der Waals surface area contributed by atoms with Crippen molar-refractivity contribution in [1.29, 1.82) is 0 Å². The summed E-state index contributed by atoms with van der Waals surface area (Å²) in [7, 11) is 0. The summed E-state index contributed by atoms with van der Waals surface area (Å²) in [5.74, 6) is 0. The highest BCUT2D eigenvalue weighted by Crippen LogP contribution is 2.14. The van der Waals surface area contributed by atoms with Crippen LogP contribution in [0.4, 0.5) is 0 Å². The van der Waals surface area contributed by atoms with Crippen molar-refractivity contribution in [3.63, 3.8) is 0 Å². The first-order valence-corrected chi connectivity index (χ1v) is 5.82. The van der Waals surface area contributed by atoms with Gasteiger partial charge in [0.2, 0.25) is 0 Å². The van der Waals surface area contributed by atoms with E-state index in [0.717, 1.165) is 6.54 Å². The Morgan fingerprint density at radius 2 is 1.94 bits per heavy atom. The molecule has 0 aliphatic carbocycles. The van der Waals surface area contributed by atoms with Crippen LogP contribution in [-0.4, -0.2) is 16.7 Å². The predicted octanol–water partition coefficient (Wildman–Crippen LogP) is 2.55. The van der Waals surface area contributed by atoms with Gasteiger partial charge < -0.3 is 10.4 Å². The lowest BCUT2D eigenvalue weighted by atomic mass is 9.97. The topological polar surface area (TPSA) is 32.3 Å². The second-order valence-corrected chi connectivity index (χ2v) is 5.18. The quantitative estimate of drug-likeness (QED) is 0.819. The molecule has 0 heterocycles. The molecule has 2 heteroatoms. The monoisotopic (exact) mass is 221 g/mol. The molecule has 0 aliphatic rings. The average Bonchev–Trinajstić information content (AvgIpc) is 2.16. The van der Waals surface area contributed by atoms with E-state index in [-0.39, 0.29) is 11.6 Å². The van der Waals surface area contributed by atoms with Crippen LogP contribution in [0.1, 0.15) is 37.5 Å². The second kappa shape index (κ2) is 4.98. The van der Waals surface area contributed by atoms with Gasteiger partial charge in [0.25, 0.3) is 0 Å². The van der Waals surface area contributed by atoms with E-state index in [9.17, 15) is 5.11 Å². The van der Waals surface area contributed by atoms with Crippen LogP contribution in [0.25, 0.3) is 0 Å². The van der Waals surface area contributed by atoms with Gasteiger partial charge in [-0.15, -0.1) is 0 Å². The minimum Gasteiger partial charge on any atom is -0.392 e. The molecule has 1 aromatic carbocycles. The Labute approximate surface area is 98.7 Å². The zero-order valence-corrected chi connectivity index (χ0v) is 11.0. The van der Waals surface area contributed by atoms with Crippen molar-refractivity contribution in [1.82, 2.24) is 5.32 Å². The van der Waals surface area contributed by atoms with Gasteiger partial charge >= 0.3 is 0 Å². The van der Waals surface area contributed by atoms with Gasteiger partial charge in [0.05, 0.1) is 6.10 Å². The lowest BCUT2D eigenvalue weighted by Gasteiger charge is -2.29. The fourth-order valence-electron chi connectivity index (χ4n) is 1.51. The largest absolute Gasteiger partial charge is 0.392 e. The highest BCUT2D eigenvalue weighted by atomic mass is 16.3. The van der Waals surface area contributed by atoms with Crippen molar-refractivity contribution in [3.05, 3.63) is 34.9 Å². The number of hydrogen-bond donors (Lipinski definition) is 2. The smallest absolute Gasteiger partial charge is 0.0688 e. The SMILES string of the molecule is Cc1ccc(CNC(C)(C)C(C)O)c(C)c1. The molecule has 1 atom stereocenters. The van der Waals surface area contributed by atoms with Gasteiger partial charge in [0.15, 0.2) is 0 Å². The number of aryl methyl sites for hydroxylation is 2. The Kier molecular flexibility index (Phi) is 4.11. The molecule has 0 saturated heterocycles. The summed E-state index contributed by atoms with van der Waals surface area (Å²) in [6, 6.07) is 6.46. The standard InChI is InChI=1S/C14H23NO/c1-10-6-7-13(11(2)8-10)9-15-14(4,5)12(3)16/h6-8,12,15-16H,9H2,1-5H3. The molecule has 1 rings (SSSR count). The Balaban J connectivity index is 2.68. The Morgan fingerprint density at radius 3 is 2.44 bits per heavy atom. The molecule has 0 saturated carbocycles. The lowest BCUT2D eigenvalue weighted by Crippen LogP contribution is -2.47. The van der Waals surface area contributed by atoms with Crippen LogP contribution < -0.4 is 5.32 Å². The van der Waals surface area contributed by atoms with Crippen LogP contribution in [0.5, 0.6) is 0 Å². The van der Waals surface area contributed by atoms with E-state index in [2.05, 4.69) is 37.4 Å². The number of aliphatic hydroxyl groups excluding tert-OH is 1. The Morgan fingerprint density at radius 1 is 1.31 bits per heavy atom. The third-order valence-electron chi connectivity index (χ3n) is 3.28. The van der Waals surface area contributed by atoms with E-state index in [1.165, 1.54) is 16.7 Å². The molecule has 0 fully saturated rings. The molecule has 1 unspecified atom stereocenters. The summed E-state index contributed by atoms with van der Waals surface area (Å²) in [5.41, 5.74) is 3.63. The van der Waals surface area contributed by atoms with Crippen molar-refractivity contribution < 1.29 is 5.11 Å². The number of hydrogen-bond acceptors (Lipinski definition) is 2. The first kappa shape index (κ1) is 13.2. The third-order valence-corrected chi connectivity index (χ3v) is 3.28. The van der Waals surface area contributed by atoms with Crippen LogP contribution in [-0.2, 0) is 6.54 Å². The van der Waals surface area contributed by atoms with Crippen LogP contribution in [0.3, 0.4) is 0 Å². The molecular formula is C14H23NO. The van der Waals surface area contributed by atoms with Crippen molar-refractivity contribution in [3.8, 4) is 0 Å². The summed E-state index contributed by atoms with van der Waals surface area (Å²) in [4.78, 5) is 0. The van der Waals surface area contributed by atoms with E-state index in [1.807, 2.05) is 20.8 Å². The maximum absolute atomic E-state index is 9.61. The fourth-order valence-corrected chi connectivity index (χ4v) is 1.51. The van der Waals surface area contributed by atoms with Crippen molar-refractivity contribution in [2.45, 2.75) is 52.8 Å². The maximum Gasteiger partial charge on any atom is 0.0688 e. The van der Waals surface area contributed by atoms with Crippen molar-refractivity contribution >= 4 is 0 Å². The third kappa shape index (κ3) is 3.32. The van der Waals surface area contributed by atoms with Crippen LogP contribution in [0.15, 0.2) is 18.2 Å². The van der Waals surface area contributed by atoms with Crippen molar-refractivity contribution in [2.75, 3.05) is 0 Å². The van der Waals surface area contributed by atoms with Crippen LogP contribution in [0.2, 0.25) is 0 Å². The van der Waals surface area contributed by atoms with Crippen LogP contribution in [0, 0.1) is 13.8 Å². The summed E-state index contributed by atoms with van der Waals surface area (Å²) >= 11 is 0. The molecule has 2 nitrogen and oxygen atoms in total. The van der Waals surface area contributed by atoms with Gasteiger partial charge in [-0.2, -0.15) is 0 Å². The summed E-state index contributed by atoms with van der Waals surface area (Å²) < 4.78 is 0. The predicted molar refractivity (Wildman–Crippen MR) is 68.5 cm³/mol. The van der Waals surface area contributed by atoms with E-state index >= 15 is 0 Å². The first-order valence-electron chi connectivity index (χ1n) is 5.82. The molecule has 0 aromatic heterocycles. The molecule has 90 valence electrons. The molecule has 1 aromatic rings. The molecule has 0 aliphatic heterocycles. The summed E-state index contributed by atoms with van der Waals surface area (Å²) in [6.07, 6.45) is -0.363. The highest BCUT2D eigenvalue weighted by molar-refractivity contribution is 5.30. The number of nitrogens with one attached hydrogen (secondary N) is 1. The maximum atomic E-state index is 9.61.